The third-order valence-electron chi connectivity index (χ3n) is 4.07. The van der Waals surface area contributed by atoms with Gasteiger partial charge in [0.2, 0.25) is 0 Å². The maximum Gasteiger partial charge on any atom is 0.342 e. The molecule has 8 heteroatoms. The van der Waals surface area contributed by atoms with Crippen molar-refractivity contribution >= 4 is 17.8 Å². The van der Waals surface area contributed by atoms with Crippen LogP contribution in [0.1, 0.15) is 15.9 Å². The Morgan fingerprint density at radius 3 is 2.31 bits per heavy atom. The van der Waals surface area contributed by atoms with E-state index in [1.54, 1.807) is 6.07 Å². The molecule has 0 aliphatic carbocycles. The second kappa shape index (κ2) is 10.7. The topological polar surface area (TPSA) is 100 Å². The number of benzene rings is 2. The van der Waals surface area contributed by atoms with Gasteiger partial charge in [-0.25, -0.2) is 9.59 Å². The van der Waals surface area contributed by atoms with Crippen molar-refractivity contribution in [2.75, 3.05) is 27.9 Å². The van der Waals surface area contributed by atoms with Crippen molar-refractivity contribution in [3.05, 3.63) is 59.7 Å². The highest BCUT2D eigenvalue weighted by atomic mass is 16.5. The molecule has 0 heterocycles. The molecule has 0 saturated heterocycles. The third-order valence-corrected chi connectivity index (χ3v) is 4.07. The molecule has 1 atom stereocenters. The molecule has 1 N–H and O–H groups in total. The molecule has 0 aliphatic rings. The fraction of sp³-hybridized carbons (Fsp3) is 0.286. The zero-order chi connectivity index (χ0) is 21.2. The smallest absolute Gasteiger partial charge is 0.342 e. The van der Waals surface area contributed by atoms with Crippen LogP contribution in [0.15, 0.2) is 48.5 Å². The van der Waals surface area contributed by atoms with Crippen molar-refractivity contribution in [2.24, 2.45) is 0 Å². The molecule has 0 fully saturated rings. The molecule has 29 heavy (non-hydrogen) atoms. The van der Waals surface area contributed by atoms with E-state index >= 15 is 0 Å². The summed E-state index contributed by atoms with van der Waals surface area (Å²) in [6.07, 6.45) is 0.250. The fourth-order valence-corrected chi connectivity index (χ4v) is 2.60. The Hall–Kier alpha value is -3.55. The van der Waals surface area contributed by atoms with Crippen molar-refractivity contribution in [2.45, 2.75) is 12.5 Å². The monoisotopic (exact) mass is 401 g/mol. The number of hydrogen-bond donors (Lipinski definition) is 1. The van der Waals surface area contributed by atoms with E-state index in [4.69, 9.17) is 18.9 Å². The Bertz CT molecular complexity index is 851. The fourth-order valence-electron chi connectivity index (χ4n) is 2.60. The van der Waals surface area contributed by atoms with Crippen molar-refractivity contribution in [1.29, 1.82) is 0 Å². The molecule has 2 aromatic rings. The molecule has 2 rings (SSSR count). The van der Waals surface area contributed by atoms with E-state index in [1.807, 2.05) is 30.3 Å². The van der Waals surface area contributed by atoms with E-state index in [0.29, 0.717) is 5.75 Å². The Morgan fingerprint density at radius 2 is 1.69 bits per heavy atom. The van der Waals surface area contributed by atoms with Crippen LogP contribution in [0, 0.1) is 0 Å². The number of rotatable bonds is 9. The van der Waals surface area contributed by atoms with E-state index < -0.39 is 30.5 Å². The Morgan fingerprint density at radius 1 is 0.966 bits per heavy atom. The molecule has 0 radical (unpaired) electrons. The van der Waals surface area contributed by atoms with Crippen LogP contribution >= 0.6 is 0 Å². The van der Waals surface area contributed by atoms with Crippen LogP contribution in [0.4, 0.5) is 0 Å². The van der Waals surface area contributed by atoms with Gasteiger partial charge in [0.05, 0.1) is 21.3 Å². The van der Waals surface area contributed by atoms with Crippen LogP contribution in [-0.4, -0.2) is 51.8 Å². The van der Waals surface area contributed by atoms with Crippen LogP contribution < -0.4 is 14.8 Å². The first-order valence-electron chi connectivity index (χ1n) is 8.78. The maximum absolute atomic E-state index is 12.3. The lowest BCUT2D eigenvalue weighted by molar-refractivity contribution is -0.145. The molecule has 8 nitrogen and oxygen atoms in total. The van der Waals surface area contributed by atoms with Crippen LogP contribution in [0.3, 0.4) is 0 Å². The summed E-state index contributed by atoms with van der Waals surface area (Å²) < 4.78 is 20.0. The first-order valence-corrected chi connectivity index (χ1v) is 8.78. The summed E-state index contributed by atoms with van der Waals surface area (Å²) in [5.74, 6) is -1.19. The molecule has 0 aliphatic heterocycles. The highest BCUT2D eigenvalue weighted by molar-refractivity contribution is 5.94. The van der Waals surface area contributed by atoms with Crippen molar-refractivity contribution < 1.29 is 33.3 Å². The lowest BCUT2D eigenvalue weighted by Gasteiger charge is -2.17. The van der Waals surface area contributed by atoms with E-state index in [-0.39, 0.29) is 17.7 Å². The summed E-state index contributed by atoms with van der Waals surface area (Å²) in [5, 5.41) is 2.53. The number of carbonyl (C=O) groups excluding carboxylic acids is 3. The zero-order valence-electron chi connectivity index (χ0n) is 16.5. The Labute approximate surface area is 168 Å². The summed E-state index contributed by atoms with van der Waals surface area (Å²) in [6.45, 7) is -0.559. The maximum atomic E-state index is 12.3. The van der Waals surface area contributed by atoms with Crippen molar-refractivity contribution in [3.63, 3.8) is 0 Å². The molecule has 154 valence electrons. The van der Waals surface area contributed by atoms with E-state index in [2.05, 4.69) is 5.32 Å². The first-order chi connectivity index (χ1) is 14.0. The van der Waals surface area contributed by atoms with Crippen LogP contribution in [0.25, 0.3) is 0 Å². The highest BCUT2D eigenvalue weighted by Crippen LogP contribution is 2.25. The zero-order valence-corrected chi connectivity index (χ0v) is 16.5. The van der Waals surface area contributed by atoms with E-state index in [9.17, 15) is 14.4 Å². The highest BCUT2D eigenvalue weighted by Gasteiger charge is 2.23. The molecule has 1 amide bonds. The molecule has 0 saturated carbocycles. The minimum absolute atomic E-state index is 0.148. The molecule has 2 aromatic carbocycles. The lowest BCUT2D eigenvalue weighted by atomic mass is 10.1. The van der Waals surface area contributed by atoms with E-state index in [0.717, 1.165) is 5.56 Å². The van der Waals surface area contributed by atoms with Gasteiger partial charge in [0.15, 0.2) is 6.61 Å². The predicted molar refractivity (Wildman–Crippen MR) is 104 cm³/mol. The number of esters is 2. The molecular weight excluding hydrogens is 378 g/mol. The van der Waals surface area contributed by atoms with Gasteiger partial charge in [-0.05, 0) is 17.7 Å². The van der Waals surface area contributed by atoms with Crippen LogP contribution in [-0.2, 0) is 25.5 Å². The van der Waals surface area contributed by atoms with Gasteiger partial charge >= 0.3 is 11.9 Å². The second-order valence-corrected chi connectivity index (χ2v) is 5.98. The minimum Gasteiger partial charge on any atom is -0.497 e. The minimum atomic E-state index is -0.899. The summed E-state index contributed by atoms with van der Waals surface area (Å²) in [6, 6.07) is 12.9. The molecule has 0 bridgehead atoms. The summed E-state index contributed by atoms with van der Waals surface area (Å²) >= 11 is 0. The molecule has 0 aromatic heterocycles. The summed E-state index contributed by atoms with van der Waals surface area (Å²) in [5.41, 5.74) is 0.998. The van der Waals surface area contributed by atoms with Crippen LogP contribution in [0.2, 0.25) is 0 Å². The number of methoxy groups -OCH3 is 3. The number of ether oxygens (including phenoxy) is 4. The summed E-state index contributed by atoms with van der Waals surface area (Å²) in [4.78, 5) is 36.5. The number of carbonyl (C=O) groups is 3. The van der Waals surface area contributed by atoms with Gasteiger partial charge in [-0.3, -0.25) is 4.79 Å². The average Bonchev–Trinajstić information content (AvgIpc) is 2.76. The lowest BCUT2D eigenvalue weighted by Crippen LogP contribution is -2.44. The molecular formula is C21H23NO7. The van der Waals surface area contributed by atoms with Crippen molar-refractivity contribution in [3.8, 4) is 11.5 Å². The van der Waals surface area contributed by atoms with Gasteiger partial charge < -0.3 is 24.3 Å². The number of amides is 1. The van der Waals surface area contributed by atoms with Gasteiger partial charge in [0.25, 0.3) is 5.91 Å². The largest absolute Gasteiger partial charge is 0.497 e. The van der Waals surface area contributed by atoms with Gasteiger partial charge in [0, 0.05) is 12.5 Å². The van der Waals surface area contributed by atoms with Gasteiger partial charge in [-0.15, -0.1) is 0 Å². The van der Waals surface area contributed by atoms with Gasteiger partial charge in [-0.1, -0.05) is 30.3 Å². The first kappa shape index (κ1) is 21.7. The normalized spacial score (nSPS) is 11.1. The molecule has 0 spiro atoms. The average molecular weight is 401 g/mol. The SMILES string of the molecule is COC(=O)[C@H](Cc1ccccc1)NC(=O)COC(=O)c1ccc(OC)cc1OC. The number of nitrogens with one attached hydrogen (secondary N) is 1. The summed E-state index contributed by atoms with van der Waals surface area (Å²) in [7, 11) is 4.13. The van der Waals surface area contributed by atoms with Crippen LogP contribution in [0.5, 0.6) is 11.5 Å². The van der Waals surface area contributed by atoms with E-state index in [1.165, 1.54) is 33.5 Å². The van der Waals surface area contributed by atoms with Gasteiger partial charge in [-0.2, -0.15) is 0 Å². The third kappa shape index (κ3) is 6.24. The van der Waals surface area contributed by atoms with Crippen molar-refractivity contribution in [1.82, 2.24) is 5.32 Å². The molecule has 0 unspecified atom stereocenters. The Balaban J connectivity index is 1.98. The second-order valence-electron chi connectivity index (χ2n) is 5.98. The van der Waals surface area contributed by atoms with Gasteiger partial charge in [0.1, 0.15) is 23.1 Å². The quantitative estimate of drug-likeness (QED) is 0.639. The predicted octanol–water partition coefficient (Wildman–Crippen LogP) is 1.76. The standard InChI is InChI=1S/C21H23NO7/c1-26-15-9-10-16(18(12-15)27-2)20(24)29-13-19(23)22-17(21(25)28-3)11-14-7-5-4-6-8-14/h4-10,12,17H,11,13H2,1-3H3,(H,22,23)/t17-/m0/s1. The number of hydrogen-bond acceptors (Lipinski definition) is 7. The Kier molecular flexibility index (Phi) is 8.02.